The first-order chi connectivity index (χ1) is 17.1. The van der Waals surface area contributed by atoms with Gasteiger partial charge in [0.1, 0.15) is 0 Å². The van der Waals surface area contributed by atoms with Crippen LogP contribution >= 0.6 is 0 Å². The van der Waals surface area contributed by atoms with Gasteiger partial charge in [0.05, 0.1) is 23.9 Å². The fraction of sp³-hybridized carbons (Fsp3) is 0.393. The molecule has 1 aromatic heterocycles. The van der Waals surface area contributed by atoms with Crippen LogP contribution in [-0.2, 0) is 24.1 Å². The van der Waals surface area contributed by atoms with Crippen LogP contribution in [0.25, 0.3) is 0 Å². The molecule has 0 saturated heterocycles. The van der Waals surface area contributed by atoms with Crippen molar-refractivity contribution in [2.75, 3.05) is 6.61 Å². The van der Waals surface area contributed by atoms with Crippen molar-refractivity contribution in [1.82, 2.24) is 15.7 Å². The maximum atomic E-state index is 15.2. The Labute approximate surface area is 204 Å². The summed E-state index contributed by atoms with van der Waals surface area (Å²) in [6.07, 6.45) is 5.51. The van der Waals surface area contributed by atoms with Crippen molar-refractivity contribution in [3.63, 3.8) is 0 Å². The number of aromatic nitrogens is 2. The molecule has 2 aliphatic carbocycles. The molecule has 0 unspecified atom stereocenters. The van der Waals surface area contributed by atoms with E-state index in [0.717, 1.165) is 55.3 Å². The number of aliphatic imine (C=N–C) groups is 1. The minimum absolute atomic E-state index is 0.0549. The summed E-state index contributed by atoms with van der Waals surface area (Å²) in [6, 6.07) is 11.8. The highest BCUT2D eigenvalue weighted by Gasteiger charge is 2.31. The number of nitrogens with zero attached hydrogens (tertiary/aromatic N) is 3. The number of ether oxygens (including phenoxy) is 1. The molecule has 6 rings (SSSR count). The molecule has 3 aromatic rings. The smallest absolute Gasteiger partial charge is 0.250 e. The first kappa shape index (κ1) is 22.2. The number of rotatable bonds is 6. The highest BCUT2D eigenvalue weighted by Crippen LogP contribution is 2.43. The minimum atomic E-state index is -0.314. The summed E-state index contributed by atoms with van der Waals surface area (Å²) >= 11 is 0. The molecule has 0 spiro atoms. The number of hydroxylamine groups is 1. The third-order valence-electron chi connectivity index (χ3n) is 7.13. The van der Waals surface area contributed by atoms with E-state index < -0.39 is 0 Å². The van der Waals surface area contributed by atoms with E-state index in [9.17, 15) is 0 Å². The molecule has 1 atom stereocenters. The maximum Gasteiger partial charge on any atom is 0.250 e. The fourth-order valence-electron chi connectivity index (χ4n) is 5.13. The van der Waals surface area contributed by atoms with Crippen molar-refractivity contribution in [3.05, 3.63) is 81.3 Å². The molecule has 3 aliphatic rings. The number of hydrogen-bond acceptors (Lipinski definition) is 6. The number of amidine groups is 1. The molecule has 0 bridgehead atoms. The van der Waals surface area contributed by atoms with Gasteiger partial charge in [-0.05, 0) is 86.6 Å². The molecule has 0 radical (unpaired) electrons. The van der Waals surface area contributed by atoms with Crippen LogP contribution < -0.4 is 10.2 Å². The van der Waals surface area contributed by atoms with Crippen molar-refractivity contribution in [2.45, 2.75) is 64.3 Å². The zero-order chi connectivity index (χ0) is 23.9. The molecule has 2 aromatic carbocycles. The molecule has 1 N–H and O–H groups in total. The molecule has 1 aliphatic heterocycles. The summed E-state index contributed by atoms with van der Waals surface area (Å²) < 4.78 is 21.3. The Balaban J connectivity index is 1.36. The first-order valence-electron chi connectivity index (χ1n) is 12.4. The van der Waals surface area contributed by atoms with Crippen LogP contribution in [0.3, 0.4) is 0 Å². The van der Waals surface area contributed by atoms with Gasteiger partial charge in [-0.1, -0.05) is 35.9 Å². The maximum absolute atomic E-state index is 15.2. The van der Waals surface area contributed by atoms with Gasteiger partial charge in [-0.3, -0.25) is 9.83 Å². The Kier molecular flexibility index (Phi) is 5.72. The molecule has 1 saturated carbocycles. The number of hydrogen-bond donors (Lipinski definition) is 1. The van der Waals surface area contributed by atoms with E-state index in [1.807, 2.05) is 12.1 Å². The number of benzene rings is 2. The van der Waals surface area contributed by atoms with Crippen LogP contribution in [0.1, 0.15) is 64.3 Å². The van der Waals surface area contributed by atoms with Crippen LogP contribution in [0.4, 0.5) is 4.39 Å². The topological polar surface area (TPSA) is 68.6 Å². The number of nitrogens with one attached hydrogen (secondary N) is 1. The second-order valence-corrected chi connectivity index (χ2v) is 9.87. The molecule has 7 heteroatoms. The largest absolute Gasteiger partial charge is 0.434 e. The lowest BCUT2D eigenvalue weighted by molar-refractivity contribution is 0.0622. The van der Waals surface area contributed by atoms with Crippen LogP contribution in [0.15, 0.2) is 41.4 Å². The average Bonchev–Trinajstić information content (AvgIpc) is 3.58. The first-order valence-corrected chi connectivity index (χ1v) is 12.4. The molecular formula is C28H29FN4O2. The Bertz CT molecular complexity index is 1320. The Morgan fingerprint density at radius 2 is 2.00 bits per heavy atom. The monoisotopic (exact) mass is 472 g/mol. The lowest BCUT2D eigenvalue weighted by Crippen LogP contribution is -2.37. The normalized spacial score (nSPS) is 19.2. The van der Waals surface area contributed by atoms with Crippen molar-refractivity contribution in [2.24, 2.45) is 4.99 Å². The van der Waals surface area contributed by atoms with Gasteiger partial charge < -0.3 is 4.74 Å². The van der Waals surface area contributed by atoms with Crippen LogP contribution in [0.2, 0.25) is 0 Å². The predicted octanol–water partition coefficient (Wildman–Crippen LogP) is 5.28. The molecule has 2 heterocycles. The second-order valence-electron chi connectivity index (χ2n) is 9.87. The van der Waals surface area contributed by atoms with Crippen molar-refractivity contribution < 1.29 is 14.0 Å². The van der Waals surface area contributed by atoms with Gasteiger partial charge in [0.25, 0.3) is 0 Å². The van der Waals surface area contributed by atoms with E-state index in [4.69, 9.17) is 14.6 Å². The molecule has 35 heavy (non-hydrogen) atoms. The molecular weight excluding hydrogens is 443 g/mol. The van der Waals surface area contributed by atoms with Crippen LogP contribution in [0.5, 0.6) is 11.6 Å². The third kappa shape index (κ3) is 4.41. The van der Waals surface area contributed by atoms with Gasteiger partial charge in [0.2, 0.25) is 5.88 Å². The van der Waals surface area contributed by atoms with E-state index >= 15 is 4.39 Å². The minimum Gasteiger partial charge on any atom is -0.434 e. The summed E-state index contributed by atoms with van der Waals surface area (Å²) in [5, 5.41) is 8.77. The van der Waals surface area contributed by atoms with E-state index in [1.165, 1.54) is 16.7 Å². The van der Waals surface area contributed by atoms with Crippen LogP contribution in [-0.4, -0.2) is 28.7 Å². The van der Waals surface area contributed by atoms with E-state index in [1.54, 1.807) is 6.07 Å². The quantitative estimate of drug-likeness (QED) is 0.528. The van der Waals surface area contributed by atoms with Gasteiger partial charge in [0, 0.05) is 0 Å². The molecule has 1 fully saturated rings. The summed E-state index contributed by atoms with van der Waals surface area (Å²) in [5.74, 6) is 0.984. The standard InChI is InChI=1S/C28H29FN4O2/c1-16-9-10-19(17(2)13-16)14-20-15-34-33-27(30-20)25-22-6-3-7-23(22)31-32-28(25)35-24-8-4-5-21(26(24)29)18-11-12-18/h4-5,8-10,13,18,20H,3,6-7,11-12,14-15H2,1-2H3,(H,30,33)/t20-/m1/s1. The van der Waals surface area contributed by atoms with Gasteiger partial charge in [-0.15, -0.1) is 5.10 Å². The third-order valence-corrected chi connectivity index (χ3v) is 7.13. The molecule has 6 nitrogen and oxygen atoms in total. The average molecular weight is 473 g/mol. The highest BCUT2D eigenvalue weighted by molar-refractivity contribution is 6.02. The summed E-state index contributed by atoms with van der Waals surface area (Å²) in [4.78, 5) is 10.8. The van der Waals surface area contributed by atoms with Crippen molar-refractivity contribution in [3.8, 4) is 11.6 Å². The summed E-state index contributed by atoms with van der Waals surface area (Å²) in [7, 11) is 0. The molecule has 0 amide bonds. The van der Waals surface area contributed by atoms with Gasteiger partial charge in [-0.25, -0.2) is 9.87 Å². The van der Waals surface area contributed by atoms with Crippen molar-refractivity contribution >= 4 is 5.84 Å². The number of halogens is 1. The lowest BCUT2D eigenvalue weighted by atomic mass is 9.99. The van der Waals surface area contributed by atoms with E-state index in [-0.39, 0.29) is 29.4 Å². The predicted molar refractivity (Wildman–Crippen MR) is 132 cm³/mol. The summed E-state index contributed by atoms with van der Waals surface area (Å²) in [5.41, 5.74) is 10.2. The zero-order valence-electron chi connectivity index (χ0n) is 20.1. The Hall–Kier alpha value is -3.32. The van der Waals surface area contributed by atoms with Gasteiger partial charge in [-0.2, -0.15) is 5.10 Å². The SMILES string of the molecule is Cc1ccc(C[C@@H]2CONC(c3c(Oc4cccc(C5CC5)c4F)nnc4c3CCC4)=N2)c(C)c1. The Morgan fingerprint density at radius 1 is 1.11 bits per heavy atom. The number of aryl methyl sites for hydroxylation is 3. The van der Waals surface area contributed by atoms with Crippen LogP contribution in [0, 0.1) is 19.7 Å². The fourth-order valence-corrected chi connectivity index (χ4v) is 5.13. The zero-order valence-corrected chi connectivity index (χ0v) is 20.1. The lowest BCUT2D eigenvalue weighted by Gasteiger charge is -2.24. The second kappa shape index (κ2) is 9.04. The van der Waals surface area contributed by atoms with Gasteiger partial charge in [0.15, 0.2) is 17.4 Å². The van der Waals surface area contributed by atoms with E-state index in [2.05, 4.69) is 47.7 Å². The molecule has 180 valence electrons. The summed E-state index contributed by atoms with van der Waals surface area (Å²) in [6.45, 7) is 4.69. The Morgan fingerprint density at radius 3 is 2.83 bits per heavy atom. The highest BCUT2D eigenvalue weighted by atomic mass is 19.1. The number of fused-ring (bicyclic) bond motifs is 1. The van der Waals surface area contributed by atoms with Gasteiger partial charge >= 0.3 is 0 Å². The van der Waals surface area contributed by atoms with E-state index in [0.29, 0.717) is 18.0 Å². The van der Waals surface area contributed by atoms with Crippen molar-refractivity contribution in [1.29, 1.82) is 0 Å².